The zero-order valence-corrected chi connectivity index (χ0v) is 19.6. The van der Waals surface area contributed by atoms with Gasteiger partial charge in [-0.15, -0.1) is 0 Å². The SMILES string of the molecule is CC1=C(C(=O)Nc2cccc(C(F)(F)F)c2)[C@@H](c2ccc(C)cc2)C2=C(CC(C)(C)CC2=O)N1. The number of hydrogen-bond donors (Lipinski definition) is 2. The van der Waals surface area contributed by atoms with Crippen molar-refractivity contribution in [3.8, 4) is 0 Å². The van der Waals surface area contributed by atoms with Gasteiger partial charge in [-0.05, 0) is 49.4 Å². The van der Waals surface area contributed by atoms with E-state index >= 15 is 0 Å². The molecule has 1 aliphatic heterocycles. The van der Waals surface area contributed by atoms with Crippen molar-refractivity contribution in [1.29, 1.82) is 0 Å². The first kappa shape index (κ1) is 23.8. The highest BCUT2D eigenvalue weighted by Gasteiger charge is 2.42. The number of carbonyl (C=O) groups excluding carboxylic acids is 2. The van der Waals surface area contributed by atoms with Crippen LogP contribution in [0.25, 0.3) is 0 Å². The van der Waals surface area contributed by atoms with Gasteiger partial charge in [0.15, 0.2) is 5.78 Å². The Bertz CT molecular complexity index is 1220. The maximum atomic E-state index is 13.5. The largest absolute Gasteiger partial charge is 0.416 e. The summed E-state index contributed by atoms with van der Waals surface area (Å²) in [6, 6.07) is 12.2. The highest BCUT2D eigenvalue weighted by molar-refractivity contribution is 6.10. The Balaban J connectivity index is 1.77. The number of halogens is 3. The topological polar surface area (TPSA) is 58.2 Å². The van der Waals surface area contributed by atoms with E-state index in [0.29, 0.717) is 29.7 Å². The first-order valence-corrected chi connectivity index (χ1v) is 11.1. The Morgan fingerprint density at radius 2 is 1.74 bits per heavy atom. The lowest BCUT2D eigenvalue weighted by atomic mass is 9.68. The average Bonchev–Trinajstić information content (AvgIpc) is 2.72. The molecule has 2 aromatic carbocycles. The number of benzene rings is 2. The Labute approximate surface area is 196 Å². The smallest absolute Gasteiger partial charge is 0.362 e. The van der Waals surface area contributed by atoms with Crippen LogP contribution in [-0.2, 0) is 15.8 Å². The number of hydrogen-bond acceptors (Lipinski definition) is 3. The van der Waals surface area contributed by atoms with Crippen LogP contribution >= 0.6 is 0 Å². The van der Waals surface area contributed by atoms with E-state index in [1.165, 1.54) is 12.1 Å². The molecule has 0 saturated heterocycles. The predicted octanol–water partition coefficient (Wildman–Crippen LogP) is 6.26. The van der Waals surface area contributed by atoms with Gasteiger partial charge in [0.25, 0.3) is 5.91 Å². The van der Waals surface area contributed by atoms with Crippen LogP contribution in [0.2, 0.25) is 0 Å². The number of ketones is 1. The summed E-state index contributed by atoms with van der Waals surface area (Å²) >= 11 is 0. The summed E-state index contributed by atoms with van der Waals surface area (Å²) < 4.78 is 39.5. The molecular formula is C27H27F3N2O2. The van der Waals surface area contributed by atoms with Crippen LogP contribution in [0.15, 0.2) is 71.1 Å². The lowest BCUT2D eigenvalue weighted by molar-refractivity contribution is -0.137. The fourth-order valence-corrected chi connectivity index (χ4v) is 4.80. The number of dihydropyridines is 1. The summed E-state index contributed by atoms with van der Waals surface area (Å²) in [7, 11) is 0. The number of aryl methyl sites for hydroxylation is 1. The van der Waals surface area contributed by atoms with Crippen molar-refractivity contribution in [2.24, 2.45) is 5.41 Å². The highest BCUT2D eigenvalue weighted by Crippen LogP contribution is 2.46. The molecule has 4 rings (SSSR count). The molecule has 2 aliphatic rings. The molecule has 0 aromatic heterocycles. The van der Waals surface area contributed by atoms with Crippen molar-refractivity contribution in [2.75, 3.05) is 5.32 Å². The molecule has 1 atom stereocenters. The highest BCUT2D eigenvalue weighted by atomic mass is 19.4. The Hall–Kier alpha value is -3.35. The Morgan fingerprint density at radius 3 is 2.38 bits per heavy atom. The molecule has 1 heterocycles. The van der Waals surface area contributed by atoms with Gasteiger partial charge in [0, 0.05) is 40.6 Å². The summed E-state index contributed by atoms with van der Waals surface area (Å²) in [6.07, 6.45) is -3.50. The third-order valence-electron chi connectivity index (χ3n) is 6.34. The maximum absolute atomic E-state index is 13.5. The van der Waals surface area contributed by atoms with Gasteiger partial charge in [-0.2, -0.15) is 13.2 Å². The second kappa shape index (κ2) is 8.46. The predicted molar refractivity (Wildman–Crippen MR) is 125 cm³/mol. The zero-order chi connectivity index (χ0) is 24.8. The van der Waals surface area contributed by atoms with Crippen LogP contribution in [0.5, 0.6) is 0 Å². The van der Waals surface area contributed by atoms with Crippen molar-refractivity contribution in [3.05, 3.63) is 87.8 Å². The van der Waals surface area contributed by atoms with E-state index < -0.39 is 23.6 Å². The van der Waals surface area contributed by atoms with Crippen LogP contribution in [0.3, 0.4) is 0 Å². The zero-order valence-electron chi connectivity index (χ0n) is 19.6. The maximum Gasteiger partial charge on any atom is 0.416 e. The summed E-state index contributed by atoms with van der Waals surface area (Å²) in [5.74, 6) is -1.17. The third-order valence-corrected chi connectivity index (χ3v) is 6.34. The van der Waals surface area contributed by atoms with E-state index in [0.717, 1.165) is 29.0 Å². The van der Waals surface area contributed by atoms with E-state index in [4.69, 9.17) is 0 Å². The van der Waals surface area contributed by atoms with Crippen LogP contribution < -0.4 is 10.6 Å². The van der Waals surface area contributed by atoms with Gasteiger partial charge in [-0.3, -0.25) is 9.59 Å². The molecule has 2 N–H and O–H groups in total. The van der Waals surface area contributed by atoms with E-state index in [-0.39, 0.29) is 16.9 Å². The van der Waals surface area contributed by atoms with E-state index in [9.17, 15) is 22.8 Å². The van der Waals surface area contributed by atoms with Crippen LogP contribution in [0, 0.1) is 12.3 Å². The number of anilines is 1. The lowest BCUT2D eigenvalue weighted by Gasteiger charge is -2.39. The van der Waals surface area contributed by atoms with E-state index in [1.54, 1.807) is 6.92 Å². The molecule has 7 heteroatoms. The molecule has 34 heavy (non-hydrogen) atoms. The number of nitrogens with one attached hydrogen (secondary N) is 2. The minimum Gasteiger partial charge on any atom is -0.362 e. The second-order valence-electron chi connectivity index (χ2n) is 9.87. The number of Topliss-reactive ketones (excluding diaryl/α,β-unsaturated/α-hetero) is 1. The van der Waals surface area contributed by atoms with Crippen molar-refractivity contribution in [2.45, 2.75) is 52.6 Å². The molecular weight excluding hydrogens is 441 g/mol. The number of amides is 1. The monoisotopic (exact) mass is 468 g/mol. The molecule has 2 aromatic rings. The number of allylic oxidation sites excluding steroid dienone is 3. The third kappa shape index (κ3) is 4.65. The summed E-state index contributed by atoms with van der Waals surface area (Å²) in [5, 5.41) is 5.89. The number of rotatable bonds is 3. The lowest BCUT2D eigenvalue weighted by Crippen LogP contribution is -2.39. The van der Waals surface area contributed by atoms with Gasteiger partial charge in [0.05, 0.1) is 5.56 Å². The fraction of sp³-hybridized carbons (Fsp3) is 0.333. The molecule has 0 bridgehead atoms. The number of alkyl halides is 3. The van der Waals surface area contributed by atoms with Crippen LogP contribution in [0.4, 0.5) is 18.9 Å². The minimum absolute atomic E-state index is 0.0267. The van der Waals surface area contributed by atoms with Crippen molar-refractivity contribution >= 4 is 17.4 Å². The Kier molecular flexibility index (Phi) is 5.92. The van der Waals surface area contributed by atoms with Crippen LogP contribution in [-0.4, -0.2) is 11.7 Å². The van der Waals surface area contributed by atoms with Crippen LogP contribution in [0.1, 0.15) is 56.2 Å². The molecule has 1 amide bonds. The summed E-state index contributed by atoms with van der Waals surface area (Å²) in [6.45, 7) is 7.78. The normalized spacial score (nSPS) is 20.1. The molecule has 1 aliphatic carbocycles. The minimum atomic E-state index is -4.52. The Morgan fingerprint density at radius 1 is 1.06 bits per heavy atom. The standard InChI is InChI=1S/C27H27F3N2O2/c1-15-8-10-17(11-9-15)23-22(16(2)31-20-13-26(3,4)14-21(33)24(20)23)25(34)32-19-7-5-6-18(12-19)27(28,29)30/h5-12,23,31H,13-14H2,1-4H3,(H,32,34)/t23-/m1/s1. The average molecular weight is 469 g/mol. The van der Waals surface area contributed by atoms with Gasteiger partial charge >= 0.3 is 6.18 Å². The van der Waals surface area contributed by atoms with E-state index in [1.807, 2.05) is 45.0 Å². The first-order chi connectivity index (χ1) is 15.9. The van der Waals surface area contributed by atoms with Gasteiger partial charge in [-0.1, -0.05) is 49.7 Å². The fourth-order valence-electron chi connectivity index (χ4n) is 4.80. The second-order valence-corrected chi connectivity index (χ2v) is 9.87. The first-order valence-electron chi connectivity index (χ1n) is 11.1. The molecule has 4 nitrogen and oxygen atoms in total. The van der Waals surface area contributed by atoms with Gasteiger partial charge in [0.2, 0.25) is 0 Å². The summed E-state index contributed by atoms with van der Waals surface area (Å²) in [5.41, 5.74) is 3.09. The summed E-state index contributed by atoms with van der Waals surface area (Å²) in [4.78, 5) is 26.8. The van der Waals surface area contributed by atoms with Crippen molar-refractivity contribution < 1.29 is 22.8 Å². The molecule has 178 valence electrons. The molecule has 0 spiro atoms. The number of carbonyl (C=O) groups is 2. The molecule has 0 fully saturated rings. The van der Waals surface area contributed by atoms with Crippen molar-refractivity contribution in [1.82, 2.24) is 5.32 Å². The molecule has 0 saturated carbocycles. The van der Waals surface area contributed by atoms with E-state index in [2.05, 4.69) is 10.6 Å². The van der Waals surface area contributed by atoms with Gasteiger partial charge in [0.1, 0.15) is 0 Å². The van der Waals surface area contributed by atoms with Gasteiger partial charge in [-0.25, -0.2) is 0 Å². The van der Waals surface area contributed by atoms with Crippen molar-refractivity contribution in [3.63, 3.8) is 0 Å². The quantitative estimate of drug-likeness (QED) is 0.559. The molecule has 0 radical (unpaired) electrons. The van der Waals surface area contributed by atoms with Gasteiger partial charge < -0.3 is 10.6 Å². The molecule has 0 unspecified atom stereocenters.